The van der Waals surface area contributed by atoms with Crippen molar-refractivity contribution in [2.45, 2.75) is 26.7 Å². The molecule has 1 N–H and O–H groups in total. The highest BCUT2D eigenvalue weighted by molar-refractivity contribution is 6.00. The number of Topliss-reactive ketones (excluding diaryl/α,β-unsaturated/α-hetero) is 1. The van der Waals surface area contributed by atoms with Gasteiger partial charge in [0, 0.05) is 24.1 Å². The van der Waals surface area contributed by atoms with Gasteiger partial charge >= 0.3 is 0 Å². The highest BCUT2D eigenvalue weighted by Crippen LogP contribution is 2.17. The summed E-state index contributed by atoms with van der Waals surface area (Å²) in [4.78, 5) is 23.9. The molecular formula is C18H19NO2. The van der Waals surface area contributed by atoms with Gasteiger partial charge in [0.25, 0.3) is 0 Å². The van der Waals surface area contributed by atoms with Gasteiger partial charge in [-0.05, 0) is 31.0 Å². The SMILES string of the molecule is Cc1ccc(C)c(NC(=O)CCC(=O)c2ccccc2)c1. The van der Waals surface area contributed by atoms with E-state index in [0.29, 0.717) is 5.56 Å². The summed E-state index contributed by atoms with van der Waals surface area (Å²) >= 11 is 0. The number of nitrogens with one attached hydrogen (secondary N) is 1. The van der Waals surface area contributed by atoms with E-state index < -0.39 is 0 Å². The van der Waals surface area contributed by atoms with Crippen LogP contribution in [-0.4, -0.2) is 11.7 Å². The number of hydrogen-bond donors (Lipinski definition) is 1. The molecule has 3 heteroatoms. The van der Waals surface area contributed by atoms with E-state index in [4.69, 9.17) is 0 Å². The Morgan fingerprint density at radius 2 is 1.67 bits per heavy atom. The molecule has 0 aliphatic rings. The first-order valence-electron chi connectivity index (χ1n) is 7.01. The average Bonchev–Trinajstić information content (AvgIpc) is 2.49. The zero-order valence-electron chi connectivity index (χ0n) is 12.3. The van der Waals surface area contributed by atoms with Crippen molar-refractivity contribution < 1.29 is 9.59 Å². The number of ketones is 1. The molecule has 0 aliphatic carbocycles. The third-order valence-electron chi connectivity index (χ3n) is 3.34. The van der Waals surface area contributed by atoms with Gasteiger partial charge in [-0.3, -0.25) is 9.59 Å². The van der Waals surface area contributed by atoms with Crippen molar-refractivity contribution >= 4 is 17.4 Å². The fourth-order valence-electron chi connectivity index (χ4n) is 2.08. The van der Waals surface area contributed by atoms with E-state index in [0.717, 1.165) is 16.8 Å². The summed E-state index contributed by atoms with van der Waals surface area (Å²) in [5.74, 6) is -0.139. The van der Waals surface area contributed by atoms with E-state index in [1.807, 2.05) is 50.2 Å². The number of anilines is 1. The second-order valence-electron chi connectivity index (χ2n) is 5.16. The van der Waals surface area contributed by atoms with Crippen molar-refractivity contribution in [2.24, 2.45) is 0 Å². The predicted molar refractivity (Wildman–Crippen MR) is 84.6 cm³/mol. The summed E-state index contributed by atoms with van der Waals surface area (Å²) in [5, 5.41) is 2.87. The highest BCUT2D eigenvalue weighted by Gasteiger charge is 2.10. The van der Waals surface area contributed by atoms with Crippen LogP contribution in [0.4, 0.5) is 5.69 Å². The number of carbonyl (C=O) groups excluding carboxylic acids is 2. The normalized spacial score (nSPS) is 10.2. The lowest BCUT2D eigenvalue weighted by molar-refractivity contribution is -0.116. The first kappa shape index (κ1) is 15.0. The highest BCUT2D eigenvalue weighted by atomic mass is 16.2. The van der Waals surface area contributed by atoms with E-state index in [-0.39, 0.29) is 24.5 Å². The molecule has 0 atom stereocenters. The third kappa shape index (κ3) is 4.28. The van der Waals surface area contributed by atoms with Crippen LogP contribution in [0.1, 0.15) is 34.3 Å². The molecule has 0 aliphatic heterocycles. The zero-order chi connectivity index (χ0) is 15.2. The van der Waals surface area contributed by atoms with E-state index in [9.17, 15) is 9.59 Å². The van der Waals surface area contributed by atoms with Gasteiger partial charge in [-0.15, -0.1) is 0 Å². The molecule has 1 amide bonds. The Hall–Kier alpha value is -2.42. The van der Waals surface area contributed by atoms with Crippen molar-refractivity contribution in [1.29, 1.82) is 0 Å². The maximum Gasteiger partial charge on any atom is 0.224 e. The molecule has 108 valence electrons. The van der Waals surface area contributed by atoms with Gasteiger partial charge in [0.1, 0.15) is 0 Å². The van der Waals surface area contributed by atoms with Gasteiger partial charge in [0.05, 0.1) is 0 Å². The average molecular weight is 281 g/mol. The number of rotatable bonds is 5. The Balaban J connectivity index is 1.91. The molecule has 0 saturated heterocycles. The number of hydrogen-bond acceptors (Lipinski definition) is 2. The molecular weight excluding hydrogens is 262 g/mol. The van der Waals surface area contributed by atoms with Crippen LogP contribution in [0.5, 0.6) is 0 Å². The molecule has 2 aromatic rings. The summed E-state index contributed by atoms with van der Waals surface area (Å²) in [6.45, 7) is 3.93. The minimum atomic E-state index is -0.131. The molecule has 0 aromatic heterocycles. The first-order chi connectivity index (χ1) is 10.1. The van der Waals surface area contributed by atoms with Gasteiger partial charge in [-0.2, -0.15) is 0 Å². The molecule has 0 saturated carbocycles. The maximum atomic E-state index is 11.9. The lowest BCUT2D eigenvalue weighted by Crippen LogP contribution is -2.14. The van der Waals surface area contributed by atoms with Crippen molar-refractivity contribution in [1.82, 2.24) is 0 Å². The smallest absolute Gasteiger partial charge is 0.224 e. The van der Waals surface area contributed by atoms with E-state index >= 15 is 0 Å². The largest absolute Gasteiger partial charge is 0.326 e. The number of amides is 1. The van der Waals surface area contributed by atoms with E-state index in [2.05, 4.69) is 5.32 Å². The van der Waals surface area contributed by atoms with Crippen molar-refractivity contribution in [3.63, 3.8) is 0 Å². The summed E-state index contributed by atoms with van der Waals surface area (Å²) < 4.78 is 0. The fourth-order valence-corrected chi connectivity index (χ4v) is 2.08. The summed E-state index contributed by atoms with van der Waals surface area (Å²) in [6.07, 6.45) is 0.418. The number of carbonyl (C=O) groups is 2. The van der Waals surface area contributed by atoms with Crippen molar-refractivity contribution in [3.05, 3.63) is 65.2 Å². The van der Waals surface area contributed by atoms with Crippen LogP contribution in [0.15, 0.2) is 48.5 Å². The van der Waals surface area contributed by atoms with Gasteiger partial charge < -0.3 is 5.32 Å². The molecule has 21 heavy (non-hydrogen) atoms. The monoisotopic (exact) mass is 281 g/mol. The van der Waals surface area contributed by atoms with Crippen molar-refractivity contribution in [3.8, 4) is 0 Å². The Morgan fingerprint density at radius 1 is 0.952 bits per heavy atom. The molecule has 0 fully saturated rings. The predicted octanol–water partition coefficient (Wildman–Crippen LogP) is 3.91. The molecule has 2 rings (SSSR count). The topological polar surface area (TPSA) is 46.2 Å². The zero-order valence-corrected chi connectivity index (χ0v) is 12.3. The summed E-state index contributed by atoms with van der Waals surface area (Å²) in [5.41, 5.74) is 3.57. The first-order valence-corrected chi connectivity index (χ1v) is 7.01. The number of benzene rings is 2. The van der Waals surface area contributed by atoms with Crippen LogP contribution in [0, 0.1) is 13.8 Å². The molecule has 0 spiro atoms. The van der Waals surface area contributed by atoms with Crippen LogP contribution in [0.2, 0.25) is 0 Å². The van der Waals surface area contributed by atoms with Crippen LogP contribution in [0.3, 0.4) is 0 Å². The van der Waals surface area contributed by atoms with Crippen LogP contribution in [-0.2, 0) is 4.79 Å². The Kier molecular flexibility index (Phi) is 4.88. The minimum Gasteiger partial charge on any atom is -0.326 e. The van der Waals surface area contributed by atoms with Gasteiger partial charge in [-0.25, -0.2) is 0 Å². The van der Waals surface area contributed by atoms with E-state index in [1.165, 1.54) is 0 Å². The van der Waals surface area contributed by atoms with Gasteiger partial charge in [0.2, 0.25) is 5.91 Å². The van der Waals surface area contributed by atoms with Crippen LogP contribution in [0.25, 0.3) is 0 Å². The Morgan fingerprint density at radius 3 is 2.38 bits per heavy atom. The summed E-state index contributed by atoms with van der Waals surface area (Å²) in [6, 6.07) is 15.0. The van der Waals surface area contributed by atoms with Crippen molar-refractivity contribution in [2.75, 3.05) is 5.32 Å². The molecule has 3 nitrogen and oxygen atoms in total. The third-order valence-corrected chi connectivity index (χ3v) is 3.34. The molecule has 0 bridgehead atoms. The lowest BCUT2D eigenvalue weighted by Gasteiger charge is -2.09. The lowest BCUT2D eigenvalue weighted by atomic mass is 10.1. The van der Waals surface area contributed by atoms with Crippen LogP contribution >= 0.6 is 0 Å². The van der Waals surface area contributed by atoms with Crippen LogP contribution < -0.4 is 5.32 Å². The van der Waals surface area contributed by atoms with E-state index in [1.54, 1.807) is 12.1 Å². The summed E-state index contributed by atoms with van der Waals surface area (Å²) in [7, 11) is 0. The van der Waals surface area contributed by atoms with Gasteiger partial charge in [0.15, 0.2) is 5.78 Å². The molecule has 0 radical (unpaired) electrons. The molecule has 2 aromatic carbocycles. The van der Waals surface area contributed by atoms with Gasteiger partial charge in [-0.1, -0.05) is 42.5 Å². The number of aryl methyl sites for hydroxylation is 2. The molecule has 0 unspecified atom stereocenters. The second kappa shape index (κ2) is 6.84. The quantitative estimate of drug-likeness (QED) is 0.845. The Labute approximate surface area is 125 Å². The fraction of sp³-hybridized carbons (Fsp3) is 0.222. The standard InChI is InChI=1S/C18H19NO2/c1-13-8-9-14(2)16(12-13)19-18(21)11-10-17(20)15-6-4-3-5-7-15/h3-9,12H,10-11H2,1-2H3,(H,19,21). The maximum absolute atomic E-state index is 11.9. The molecule has 0 heterocycles. The second-order valence-corrected chi connectivity index (χ2v) is 5.16. The minimum absolute atomic E-state index is 0.00767. The Bertz CT molecular complexity index is 648.